The van der Waals surface area contributed by atoms with Crippen molar-refractivity contribution in [3.05, 3.63) is 0 Å². The SMILES string of the molecule is CSS[C@@H](C#N)C(C)C. The Hall–Kier alpha value is 0.190. The Kier molecular flexibility index (Phi) is 5.12. The third-order valence-electron chi connectivity index (χ3n) is 0.933. The summed E-state index contributed by atoms with van der Waals surface area (Å²) < 4.78 is 0. The summed E-state index contributed by atoms with van der Waals surface area (Å²) in [7, 11) is 3.30. The maximum atomic E-state index is 8.54. The van der Waals surface area contributed by atoms with Gasteiger partial charge in [-0.3, -0.25) is 0 Å². The number of nitriles is 1. The van der Waals surface area contributed by atoms with Gasteiger partial charge < -0.3 is 0 Å². The van der Waals surface area contributed by atoms with Crippen molar-refractivity contribution in [1.82, 2.24) is 0 Å². The lowest BCUT2D eigenvalue weighted by atomic mass is 10.1. The molecule has 0 rings (SSSR count). The molecule has 9 heavy (non-hydrogen) atoms. The average molecular weight is 161 g/mol. The molecule has 1 nitrogen and oxygen atoms in total. The molecule has 0 N–H and O–H groups in total. The Morgan fingerprint density at radius 1 is 1.44 bits per heavy atom. The molecule has 0 aliphatic heterocycles. The second-order valence-electron chi connectivity index (χ2n) is 2.06. The summed E-state index contributed by atoms with van der Waals surface area (Å²) in [5.41, 5.74) is 0. The summed E-state index contributed by atoms with van der Waals surface area (Å²) in [6.07, 6.45) is 2.00. The van der Waals surface area contributed by atoms with E-state index in [0.717, 1.165) is 0 Å². The van der Waals surface area contributed by atoms with E-state index in [4.69, 9.17) is 5.26 Å². The van der Waals surface area contributed by atoms with Crippen molar-refractivity contribution < 1.29 is 0 Å². The van der Waals surface area contributed by atoms with Crippen LogP contribution in [-0.4, -0.2) is 11.5 Å². The summed E-state index contributed by atoms with van der Waals surface area (Å²) >= 11 is 0. The highest BCUT2D eigenvalue weighted by Crippen LogP contribution is 2.27. The molecule has 0 fully saturated rings. The zero-order chi connectivity index (χ0) is 7.28. The van der Waals surface area contributed by atoms with Crippen LogP contribution in [0, 0.1) is 17.2 Å². The summed E-state index contributed by atoms with van der Waals surface area (Å²) in [6.45, 7) is 4.13. The molecular formula is C6H11NS2. The van der Waals surface area contributed by atoms with Crippen molar-refractivity contribution in [2.45, 2.75) is 19.1 Å². The second-order valence-corrected chi connectivity index (χ2v) is 4.67. The van der Waals surface area contributed by atoms with Crippen molar-refractivity contribution >= 4 is 21.6 Å². The number of hydrogen-bond acceptors (Lipinski definition) is 3. The Bertz CT molecular complexity index is 106. The van der Waals surface area contributed by atoms with Crippen molar-refractivity contribution in [1.29, 1.82) is 5.26 Å². The first kappa shape index (κ1) is 9.19. The van der Waals surface area contributed by atoms with E-state index in [9.17, 15) is 0 Å². The van der Waals surface area contributed by atoms with Gasteiger partial charge in [-0.25, -0.2) is 0 Å². The van der Waals surface area contributed by atoms with E-state index < -0.39 is 0 Å². The molecule has 1 atom stereocenters. The van der Waals surface area contributed by atoms with Crippen LogP contribution in [0.5, 0.6) is 0 Å². The average Bonchev–Trinajstić information content (AvgIpc) is 1.82. The summed E-state index contributed by atoms with van der Waals surface area (Å²) in [6, 6.07) is 2.24. The van der Waals surface area contributed by atoms with Crippen LogP contribution < -0.4 is 0 Å². The number of hydrogen-bond donors (Lipinski definition) is 0. The first-order valence-corrected chi connectivity index (χ1v) is 5.43. The van der Waals surface area contributed by atoms with Crippen LogP contribution in [0.4, 0.5) is 0 Å². The molecule has 0 saturated carbocycles. The van der Waals surface area contributed by atoms with Gasteiger partial charge >= 0.3 is 0 Å². The zero-order valence-electron chi connectivity index (χ0n) is 5.92. The summed E-state index contributed by atoms with van der Waals surface area (Å²) in [5, 5.41) is 8.70. The monoisotopic (exact) mass is 161 g/mol. The lowest BCUT2D eigenvalue weighted by Gasteiger charge is -2.08. The van der Waals surface area contributed by atoms with E-state index in [1.807, 2.05) is 6.26 Å². The molecule has 3 heteroatoms. The smallest absolute Gasteiger partial charge is 0.104 e. The number of nitrogens with zero attached hydrogens (tertiary/aromatic N) is 1. The van der Waals surface area contributed by atoms with Gasteiger partial charge in [-0.15, -0.1) is 0 Å². The van der Waals surface area contributed by atoms with Crippen LogP contribution >= 0.6 is 21.6 Å². The molecule has 0 aliphatic carbocycles. The van der Waals surface area contributed by atoms with Gasteiger partial charge in [-0.2, -0.15) is 5.26 Å². The standard InChI is InChI=1S/C6H11NS2/c1-5(2)6(4-7)9-8-3/h5-6H,1-3H3/t6-/m0/s1. The molecule has 52 valence electrons. The molecule has 0 heterocycles. The van der Waals surface area contributed by atoms with E-state index in [-0.39, 0.29) is 5.25 Å². The first-order chi connectivity index (χ1) is 4.22. The molecule has 0 bridgehead atoms. The fourth-order valence-electron chi connectivity index (χ4n) is 0.385. The molecule has 0 radical (unpaired) electrons. The van der Waals surface area contributed by atoms with Crippen molar-refractivity contribution in [3.8, 4) is 6.07 Å². The van der Waals surface area contributed by atoms with Gasteiger partial charge in [-0.05, 0) is 12.2 Å². The normalized spacial score (nSPS) is 13.2. The quantitative estimate of drug-likeness (QED) is 0.594. The van der Waals surface area contributed by atoms with Gasteiger partial charge in [-0.1, -0.05) is 35.4 Å². The maximum Gasteiger partial charge on any atom is 0.104 e. The van der Waals surface area contributed by atoms with Gasteiger partial charge in [0.15, 0.2) is 0 Å². The van der Waals surface area contributed by atoms with Crippen molar-refractivity contribution in [2.24, 2.45) is 5.92 Å². The van der Waals surface area contributed by atoms with Gasteiger partial charge in [0.1, 0.15) is 5.25 Å². The molecule has 0 aromatic rings. The molecule has 0 saturated heterocycles. The molecule has 0 amide bonds. The predicted octanol–water partition coefficient (Wildman–Crippen LogP) is 2.55. The highest BCUT2D eigenvalue weighted by Gasteiger charge is 2.10. The molecular weight excluding hydrogens is 150 g/mol. The fraction of sp³-hybridized carbons (Fsp3) is 0.833. The second kappa shape index (κ2) is 5.01. The van der Waals surface area contributed by atoms with Gasteiger partial charge in [0.05, 0.1) is 6.07 Å². The highest BCUT2D eigenvalue weighted by molar-refractivity contribution is 8.76. The summed E-state index contributed by atoms with van der Waals surface area (Å²) in [5.74, 6) is 0.465. The van der Waals surface area contributed by atoms with Crippen molar-refractivity contribution in [3.63, 3.8) is 0 Å². The molecule has 0 spiro atoms. The van der Waals surface area contributed by atoms with Crippen molar-refractivity contribution in [2.75, 3.05) is 6.26 Å². The fourth-order valence-corrected chi connectivity index (χ4v) is 2.28. The summed E-state index contributed by atoms with van der Waals surface area (Å²) in [4.78, 5) is 0. The largest absolute Gasteiger partial charge is 0.197 e. The van der Waals surface area contributed by atoms with Gasteiger partial charge in [0.25, 0.3) is 0 Å². The van der Waals surface area contributed by atoms with E-state index in [1.165, 1.54) is 0 Å². The third kappa shape index (κ3) is 3.72. The van der Waals surface area contributed by atoms with E-state index in [0.29, 0.717) is 5.92 Å². The van der Waals surface area contributed by atoms with E-state index in [1.54, 1.807) is 21.6 Å². The van der Waals surface area contributed by atoms with Gasteiger partial charge in [0, 0.05) is 0 Å². The number of rotatable bonds is 3. The minimum Gasteiger partial charge on any atom is -0.197 e. The minimum atomic E-state index is 0.153. The van der Waals surface area contributed by atoms with Gasteiger partial charge in [0.2, 0.25) is 0 Å². The minimum absolute atomic E-state index is 0.153. The lowest BCUT2D eigenvalue weighted by molar-refractivity contribution is 0.688. The predicted molar refractivity (Wildman–Crippen MR) is 45.3 cm³/mol. The van der Waals surface area contributed by atoms with Crippen LogP contribution in [0.25, 0.3) is 0 Å². The van der Waals surface area contributed by atoms with E-state index >= 15 is 0 Å². The lowest BCUT2D eigenvalue weighted by Crippen LogP contribution is -2.05. The van der Waals surface area contributed by atoms with E-state index in [2.05, 4.69) is 19.9 Å². The first-order valence-electron chi connectivity index (χ1n) is 2.81. The third-order valence-corrected chi connectivity index (χ3v) is 3.18. The van der Waals surface area contributed by atoms with Crippen LogP contribution in [0.15, 0.2) is 0 Å². The Labute approximate surface area is 64.6 Å². The molecule has 0 aromatic carbocycles. The molecule has 0 aliphatic rings. The topological polar surface area (TPSA) is 23.8 Å². The molecule has 0 unspecified atom stereocenters. The van der Waals surface area contributed by atoms with Crippen LogP contribution in [0.3, 0.4) is 0 Å². The Balaban J connectivity index is 3.58. The highest BCUT2D eigenvalue weighted by atomic mass is 33.1. The zero-order valence-corrected chi connectivity index (χ0v) is 7.55. The Morgan fingerprint density at radius 3 is 2.11 bits per heavy atom. The Morgan fingerprint density at radius 2 is 2.00 bits per heavy atom. The van der Waals surface area contributed by atoms with Crippen LogP contribution in [0.1, 0.15) is 13.8 Å². The maximum absolute atomic E-state index is 8.54. The molecule has 0 aromatic heterocycles. The van der Waals surface area contributed by atoms with Crippen LogP contribution in [0.2, 0.25) is 0 Å². The van der Waals surface area contributed by atoms with Crippen LogP contribution in [-0.2, 0) is 0 Å².